The van der Waals surface area contributed by atoms with E-state index >= 15 is 0 Å². The smallest absolute Gasteiger partial charge is 0.294 e. The van der Waals surface area contributed by atoms with E-state index in [1.165, 1.54) is 0 Å². The Kier molecular flexibility index (Phi) is 6.52. The van der Waals surface area contributed by atoms with Gasteiger partial charge in [0.2, 0.25) is 5.91 Å². The topological polar surface area (TPSA) is 76.2 Å². The van der Waals surface area contributed by atoms with E-state index in [0.29, 0.717) is 23.6 Å². The van der Waals surface area contributed by atoms with Gasteiger partial charge >= 0.3 is 0 Å². The van der Waals surface area contributed by atoms with E-state index in [2.05, 4.69) is 0 Å². The molecule has 2 aliphatic heterocycles. The zero-order valence-electron chi connectivity index (χ0n) is 17.2. The Hall–Kier alpha value is -2.48. The third kappa shape index (κ3) is 4.27. The minimum absolute atomic E-state index is 0.137. The van der Waals surface area contributed by atoms with E-state index in [1.807, 2.05) is 13.8 Å². The van der Waals surface area contributed by atoms with Crippen LogP contribution in [0.5, 0.6) is 11.5 Å². The van der Waals surface area contributed by atoms with E-state index in [1.54, 1.807) is 37.3 Å². The minimum atomic E-state index is -0.450. The van der Waals surface area contributed by atoms with Crippen LogP contribution in [0.15, 0.2) is 17.0 Å². The Morgan fingerprint density at radius 2 is 2.00 bits per heavy atom. The molecular weight excluding hydrogens is 392 g/mol. The van der Waals surface area contributed by atoms with Gasteiger partial charge in [-0.2, -0.15) is 0 Å². The second-order valence-electron chi connectivity index (χ2n) is 7.22. The van der Waals surface area contributed by atoms with Crippen molar-refractivity contribution < 1.29 is 23.9 Å². The first kappa shape index (κ1) is 21.2. The quantitative estimate of drug-likeness (QED) is 0.682. The number of benzene rings is 1. The summed E-state index contributed by atoms with van der Waals surface area (Å²) in [5.74, 6) is 0.620. The van der Waals surface area contributed by atoms with Crippen LogP contribution >= 0.6 is 11.8 Å². The first-order valence-corrected chi connectivity index (χ1v) is 10.5. The number of nitrogens with zero attached hydrogens (tertiary/aromatic N) is 2. The summed E-state index contributed by atoms with van der Waals surface area (Å²) in [6.07, 6.45) is 4.63. The monoisotopic (exact) mass is 418 g/mol. The summed E-state index contributed by atoms with van der Waals surface area (Å²) >= 11 is 0.842. The second-order valence-corrected chi connectivity index (χ2v) is 8.21. The molecule has 1 aromatic rings. The molecule has 2 heterocycles. The van der Waals surface area contributed by atoms with Gasteiger partial charge in [-0.25, -0.2) is 0 Å². The van der Waals surface area contributed by atoms with Gasteiger partial charge in [0.05, 0.1) is 19.1 Å². The molecule has 0 aromatic heterocycles. The van der Waals surface area contributed by atoms with Crippen molar-refractivity contribution in [1.29, 1.82) is 0 Å². The maximum atomic E-state index is 12.8. The molecule has 2 aliphatic rings. The van der Waals surface area contributed by atoms with Crippen LogP contribution in [-0.2, 0) is 9.59 Å². The highest BCUT2D eigenvalue weighted by atomic mass is 32.2. The number of hydrogen-bond acceptors (Lipinski definition) is 6. The Balaban J connectivity index is 1.80. The van der Waals surface area contributed by atoms with Crippen molar-refractivity contribution in [2.45, 2.75) is 39.2 Å². The molecule has 8 heteroatoms. The molecular formula is C21H26N2O5S. The van der Waals surface area contributed by atoms with Crippen LogP contribution in [0, 0.1) is 6.92 Å². The van der Waals surface area contributed by atoms with Gasteiger partial charge in [0, 0.05) is 23.7 Å². The number of carbonyl (C=O) groups is 3. The summed E-state index contributed by atoms with van der Waals surface area (Å²) in [5.41, 5.74) is 1.48. The lowest BCUT2D eigenvalue weighted by atomic mass is 10.0. The molecule has 2 fully saturated rings. The number of ether oxygens (including phenoxy) is 2. The van der Waals surface area contributed by atoms with E-state index in [4.69, 9.17) is 9.47 Å². The number of imide groups is 1. The van der Waals surface area contributed by atoms with Crippen molar-refractivity contribution in [2.24, 2.45) is 0 Å². The average molecular weight is 419 g/mol. The molecule has 0 saturated carbocycles. The molecule has 0 radical (unpaired) electrons. The molecule has 0 N–H and O–H groups in total. The number of thioether (sulfide) groups is 1. The lowest BCUT2D eigenvalue weighted by Crippen LogP contribution is -2.47. The molecule has 156 valence electrons. The van der Waals surface area contributed by atoms with Crippen molar-refractivity contribution >= 4 is 34.9 Å². The van der Waals surface area contributed by atoms with Crippen molar-refractivity contribution in [3.8, 4) is 11.5 Å². The summed E-state index contributed by atoms with van der Waals surface area (Å²) in [5, 5.41) is -0.427. The fourth-order valence-electron chi connectivity index (χ4n) is 3.77. The van der Waals surface area contributed by atoms with Crippen molar-refractivity contribution in [2.75, 3.05) is 27.3 Å². The number of hydrogen-bond donors (Lipinski definition) is 0. The normalized spacial score (nSPS) is 21.1. The molecule has 2 saturated heterocycles. The van der Waals surface area contributed by atoms with E-state index in [9.17, 15) is 14.4 Å². The second kappa shape index (κ2) is 8.90. The summed E-state index contributed by atoms with van der Waals surface area (Å²) in [6.45, 7) is 4.32. The number of amides is 3. The van der Waals surface area contributed by atoms with E-state index in [-0.39, 0.29) is 23.4 Å². The Labute approximate surface area is 175 Å². The Morgan fingerprint density at radius 1 is 1.24 bits per heavy atom. The number of likely N-dealkylation sites (tertiary alicyclic amines) is 1. The highest BCUT2D eigenvalue weighted by molar-refractivity contribution is 8.18. The van der Waals surface area contributed by atoms with Crippen LogP contribution in [-0.4, -0.2) is 60.2 Å². The molecule has 1 atom stereocenters. The molecule has 7 nitrogen and oxygen atoms in total. The molecule has 0 unspecified atom stereocenters. The third-order valence-electron chi connectivity index (χ3n) is 5.39. The number of piperidine rings is 1. The minimum Gasteiger partial charge on any atom is -0.496 e. The van der Waals surface area contributed by atoms with Gasteiger partial charge in [-0.1, -0.05) is 0 Å². The van der Waals surface area contributed by atoms with Gasteiger partial charge in [-0.05, 0) is 63.1 Å². The SMILES string of the molecule is COc1ccc(/C=C2\SC(=O)N(CC(=O)N3CCCC[C@@H]3C)C2=O)c(OC)c1C. The predicted octanol–water partition coefficient (Wildman–Crippen LogP) is 3.45. The van der Waals surface area contributed by atoms with Crippen LogP contribution < -0.4 is 9.47 Å². The number of carbonyl (C=O) groups excluding carboxylic acids is 3. The first-order valence-electron chi connectivity index (χ1n) is 9.63. The summed E-state index contributed by atoms with van der Waals surface area (Å²) in [4.78, 5) is 40.9. The molecule has 0 spiro atoms. The molecule has 29 heavy (non-hydrogen) atoms. The van der Waals surface area contributed by atoms with Gasteiger partial charge in [-0.15, -0.1) is 0 Å². The Bertz CT molecular complexity index is 867. The maximum absolute atomic E-state index is 12.8. The van der Waals surface area contributed by atoms with Crippen LogP contribution in [0.4, 0.5) is 4.79 Å². The fraction of sp³-hybridized carbons (Fsp3) is 0.476. The average Bonchev–Trinajstić information content (AvgIpc) is 2.96. The molecule has 0 bridgehead atoms. The lowest BCUT2D eigenvalue weighted by Gasteiger charge is -2.34. The number of methoxy groups -OCH3 is 2. The van der Waals surface area contributed by atoms with Gasteiger partial charge in [-0.3, -0.25) is 19.3 Å². The van der Waals surface area contributed by atoms with Crippen LogP contribution in [0.1, 0.15) is 37.3 Å². The van der Waals surface area contributed by atoms with Crippen molar-refractivity contribution in [3.05, 3.63) is 28.2 Å². The van der Waals surface area contributed by atoms with E-state index in [0.717, 1.165) is 41.5 Å². The van der Waals surface area contributed by atoms with Crippen molar-refractivity contribution in [3.63, 3.8) is 0 Å². The largest absolute Gasteiger partial charge is 0.496 e. The Morgan fingerprint density at radius 3 is 2.66 bits per heavy atom. The highest BCUT2D eigenvalue weighted by Crippen LogP contribution is 2.37. The van der Waals surface area contributed by atoms with Gasteiger partial charge in [0.25, 0.3) is 11.1 Å². The maximum Gasteiger partial charge on any atom is 0.294 e. The number of rotatable bonds is 5. The molecule has 3 amide bonds. The van der Waals surface area contributed by atoms with Gasteiger partial charge in [0.15, 0.2) is 0 Å². The van der Waals surface area contributed by atoms with Crippen LogP contribution in [0.3, 0.4) is 0 Å². The predicted molar refractivity (Wildman–Crippen MR) is 112 cm³/mol. The molecule has 0 aliphatic carbocycles. The third-order valence-corrected chi connectivity index (χ3v) is 6.29. The van der Waals surface area contributed by atoms with Gasteiger partial charge < -0.3 is 14.4 Å². The summed E-state index contributed by atoms with van der Waals surface area (Å²) in [6, 6.07) is 3.70. The summed E-state index contributed by atoms with van der Waals surface area (Å²) in [7, 11) is 3.12. The highest BCUT2D eigenvalue weighted by Gasteiger charge is 2.38. The zero-order valence-corrected chi connectivity index (χ0v) is 18.0. The summed E-state index contributed by atoms with van der Waals surface area (Å²) < 4.78 is 10.8. The zero-order chi connectivity index (χ0) is 21.1. The van der Waals surface area contributed by atoms with E-state index < -0.39 is 11.1 Å². The van der Waals surface area contributed by atoms with Crippen LogP contribution in [0.25, 0.3) is 6.08 Å². The molecule has 3 rings (SSSR count). The van der Waals surface area contributed by atoms with Gasteiger partial charge in [0.1, 0.15) is 18.0 Å². The first-order chi connectivity index (χ1) is 13.9. The van der Waals surface area contributed by atoms with Crippen LogP contribution in [0.2, 0.25) is 0 Å². The lowest BCUT2D eigenvalue weighted by molar-refractivity contribution is -0.138. The standard InChI is InChI=1S/C21H26N2O5S/c1-13-7-5-6-10-22(13)18(24)12-23-20(25)17(29-21(23)26)11-15-8-9-16(27-3)14(2)19(15)28-4/h8-9,11,13H,5-7,10,12H2,1-4H3/b17-11-/t13-/m0/s1. The molecule has 1 aromatic carbocycles. The fourth-order valence-corrected chi connectivity index (χ4v) is 4.60. The van der Waals surface area contributed by atoms with Crippen molar-refractivity contribution in [1.82, 2.24) is 9.80 Å².